The number of carbonyl (C=O) groups is 1. The molecular formula is C20H27N3OS. The van der Waals surface area contributed by atoms with Gasteiger partial charge in [-0.1, -0.05) is 44.2 Å². The predicted molar refractivity (Wildman–Crippen MR) is 103 cm³/mol. The number of nitrogens with two attached hydrogens (primary N) is 1. The van der Waals surface area contributed by atoms with Gasteiger partial charge in [0.1, 0.15) is 0 Å². The van der Waals surface area contributed by atoms with Crippen LogP contribution in [0.15, 0.2) is 41.8 Å². The lowest BCUT2D eigenvalue weighted by Crippen LogP contribution is -2.47. The summed E-state index contributed by atoms with van der Waals surface area (Å²) in [5.41, 5.74) is 8.64. The highest BCUT2D eigenvalue weighted by atomic mass is 32.1. The summed E-state index contributed by atoms with van der Waals surface area (Å²) < 4.78 is 0. The highest BCUT2D eigenvalue weighted by Crippen LogP contribution is 2.30. The lowest BCUT2D eigenvalue weighted by Gasteiger charge is -2.35. The summed E-state index contributed by atoms with van der Waals surface area (Å²) in [6.07, 6.45) is 1.08. The molecule has 0 saturated carbocycles. The molecule has 2 atom stereocenters. The molecule has 1 aliphatic rings. The highest BCUT2D eigenvalue weighted by Gasteiger charge is 2.26. The molecule has 4 nitrogen and oxygen atoms in total. The second-order valence-electron chi connectivity index (χ2n) is 7.03. The fourth-order valence-electron chi connectivity index (χ4n) is 3.29. The summed E-state index contributed by atoms with van der Waals surface area (Å²) in [4.78, 5) is 16.3. The van der Waals surface area contributed by atoms with Crippen molar-refractivity contribution in [1.29, 1.82) is 0 Å². The third-order valence-electron chi connectivity index (χ3n) is 4.95. The van der Waals surface area contributed by atoms with Gasteiger partial charge < -0.3 is 11.1 Å². The van der Waals surface area contributed by atoms with Crippen LogP contribution in [-0.4, -0.2) is 29.9 Å². The molecular weight excluding hydrogens is 330 g/mol. The first-order valence-electron chi connectivity index (χ1n) is 8.93. The van der Waals surface area contributed by atoms with E-state index < -0.39 is 6.04 Å². The zero-order valence-electron chi connectivity index (χ0n) is 14.9. The molecule has 0 fully saturated rings. The Bertz CT molecular complexity index is 698. The number of benzene rings is 1. The maximum Gasteiger partial charge on any atom is 0.237 e. The zero-order chi connectivity index (χ0) is 17.8. The Morgan fingerprint density at radius 1 is 1.28 bits per heavy atom. The first-order valence-corrected chi connectivity index (χ1v) is 9.81. The van der Waals surface area contributed by atoms with Crippen molar-refractivity contribution in [3.8, 4) is 0 Å². The number of amides is 1. The molecule has 1 amide bonds. The van der Waals surface area contributed by atoms with E-state index in [4.69, 9.17) is 5.73 Å². The number of hydrogen-bond acceptors (Lipinski definition) is 4. The van der Waals surface area contributed by atoms with Gasteiger partial charge in [-0.2, -0.15) is 0 Å². The molecule has 2 heterocycles. The Kier molecular flexibility index (Phi) is 5.89. The van der Waals surface area contributed by atoms with Crippen molar-refractivity contribution in [1.82, 2.24) is 10.2 Å². The maximum atomic E-state index is 12.3. The van der Waals surface area contributed by atoms with Crippen LogP contribution in [0.25, 0.3) is 0 Å². The number of nitrogens with zero attached hydrogens (tertiary/aromatic N) is 1. The van der Waals surface area contributed by atoms with Crippen LogP contribution in [0.5, 0.6) is 0 Å². The number of carbonyl (C=O) groups excluding carboxylic acids is 1. The first kappa shape index (κ1) is 18.1. The largest absolute Gasteiger partial charge is 0.353 e. The molecule has 0 bridgehead atoms. The van der Waals surface area contributed by atoms with Crippen LogP contribution in [0.4, 0.5) is 0 Å². The Morgan fingerprint density at radius 2 is 2.04 bits per heavy atom. The van der Waals surface area contributed by atoms with E-state index in [0.29, 0.717) is 6.54 Å². The number of fused-ring (bicyclic) bond motifs is 1. The summed E-state index contributed by atoms with van der Waals surface area (Å²) in [6.45, 7) is 6.48. The quantitative estimate of drug-likeness (QED) is 0.836. The van der Waals surface area contributed by atoms with E-state index in [9.17, 15) is 4.79 Å². The fraction of sp³-hybridized carbons (Fsp3) is 0.450. The molecule has 5 heteroatoms. The van der Waals surface area contributed by atoms with E-state index in [2.05, 4.69) is 45.9 Å². The van der Waals surface area contributed by atoms with Crippen LogP contribution < -0.4 is 11.1 Å². The van der Waals surface area contributed by atoms with Crippen LogP contribution in [0.2, 0.25) is 0 Å². The van der Waals surface area contributed by atoms with Gasteiger partial charge in [-0.05, 0) is 34.9 Å². The molecule has 0 saturated heterocycles. The van der Waals surface area contributed by atoms with Gasteiger partial charge in [0.05, 0.1) is 12.1 Å². The second-order valence-corrected chi connectivity index (χ2v) is 8.03. The molecule has 1 aliphatic heterocycles. The van der Waals surface area contributed by atoms with Crippen molar-refractivity contribution in [2.75, 3.05) is 13.1 Å². The van der Waals surface area contributed by atoms with Gasteiger partial charge >= 0.3 is 0 Å². The number of rotatable bonds is 6. The van der Waals surface area contributed by atoms with Gasteiger partial charge in [0.25, 0.3) is 0 Å². The molecule has 1 unspecified atom stereocenters. The Labute approximate surface area is 154 Å². The van der Waals surface area contributed by atoms with Gasteiger partial charge in [-0.15, -0.1) is 11.3 Å². The molecule has 1 aromatic heterocycles. The van der Waals surface area contributed by atoms with Crippen molar-refractivity contribution < 1.29 is 4.79 Å². The van der Waals surface area contributed by atoms with Gasteiger partial charge in [0.15, 0.2) is 0 Å². The summed E-state index contributed by atoms with van der Waals surface area (Å²) in [7, 11) is 0. The highest BCUT2D eigenvalue weighted by molar-refractivity contribution is 7.10. The second kappa shape index (κ2) is 8.13. The van der Waals surface area contributed by atoms with Crippen molar-refractivity contribution in [2.24, 2.45) is 11.7 Å². The van der Waals surface area contributed by atoms with Crippen molar-refractivity contribution >= 4 is 17.2 Å². The monoisotopic (exact) mass is 357 g/mol. The molecule has 3 N–H and O–H groups in total. The molecule has 25 heavy (non-hydrogen) atoms. The minimum Gasteiger partial charge on any atom is -0.353 e. The normalized spacial score (nSPS) is 17.1. The standard InChI is InChI=1S/C20H27N3OS/c1-14(2)19(21)20(24)22-12-17(15-6-4-3-5-7-15)23-10-8-18-16(13-23)9-11-25-18/h3-7,9,11,14,17,19H,8,10,12-13,21H2,1-2H3,(H,22,24)/t17?,19-/m0/s1. The maximum absolute atomic E-state index is 12.3. The molecule has 0 spiro atoms. The first-order chi connectivity index (χ1) is 12.1. The van der Waals surface area contributed by atoms with Gasteiger partial charge in [-0.3, -0.25) is 9.69 Å². The molecule has 0 radical (unpaired) electrons. The van der Waals surface area contributed by atoms with E-state index in [1.54, 1.807) is 0 Å². The van der Waals surface area contributed by atoms with Crippen LogP contribution >= 0.6 is 11.3 Å². The summed E-state index contributed by atoms with van der Waals surface area (Å²) in [6, 6.07) is 12.4. The third-order valence-corrected chi connectivity index (χ3v) is 5.98. The Morgan fingerprint density at radius 3 is 2.76 bits per heavy atom. The number of thiophene rings is 1. The van der Waals surface area contributed by atoms with Gasteiger partial charge in [-0.25, -0.2) is 0 Å². The molecule has 134 valence electrons. The zero-order valence-corrected chi connectivity index (χ0v) is 15.8. The summed E-state index contributed by atoms with van der Waals surface area (Å²) >= 11 is 1.85. The van der Waals surface area contributed by atoms with Crippen molar-refractivity contribution in [3.63, 3.8) is 0 Å². The third kappa shape index (κ3) is 4.29. The summed E-state index contributed by atoms with van der Waals surface area (Å²) in [5, 5.41) is 5.25. The Hall–Kier alpha value is -1.69. The van der Waals surface area contributed by atoms with E-state index in [1.807, 2.05) is 31.3 Å². The van der Waals surface area contributed by atoms with Crippen molar-refractivity contribution in [3.05, 3.63) is 57.8 Å². The Balaban J connectivity index is 1.74. The summed E-state index contributed by atoms with van der Waals surface area (Å²) in [5.74, 6) is 0.0719. The van der Waals surface area contributed by atoms with Crippen molar-refractivity contribution in [2.45, 2.75) is 38.9 Å². The topological polar surface area (TPSA) is 58.4 Å². The molecule has 1 aromatic carbocycles. The van der Waals surface area contributed by atoms with E-state index >= 15 is 0 Å². The van der Waals surface area contributed by atoms with Crippen LogP contribution in [0.3, 0.4) is 0 Å². The number of hydrogen-bond donors (Lipinski definition) is 2. The fourth-order valence-corrected chi connectivity index (χ4v) is 4.18. The molecule has 2 aromatic rings. The number of nitrogens with one attached hydrogen (secondary N) is 1. The van der Waals surface area contributed by atoms with Gasteiger partial charge in [0, 0.05) is 24.5 Å². The lowest BCUT2D eigenvalue weighted by molar-refractivity contribution is -0.123. The average molecular weight is 358 g/mol. The predicted octanol–water partition coefficient (Wildman–Crippen LogP) is 2.95. The lowest BCUT2D eigenvalue weighted by atomic mass is 10.0. The minimum atomic E-state index is -0.457. The minimum absolute atomic E-state index is 0.0656. The average Bonchev–Trinajstić information content (AvgIpc) is 3.09. The molecule has 0 aliphatic carbocycles. The van der Waals surface area contributed by atoms with E-state index in [0.717, 1.165) is 19.5 Å². The van der Waals surface area contributed by atoms with E-state index in [1.165, 1.54) is 16.0 Å². The van der Waals surface area contributed by atoms with E-state index in [-0.39, 0.29) is 17.9 Å². The van der Waals surface area contributed by atoms with Crippen LogP contribution in [0, 0.1) is 5.92 Å². The smallest absolute Gasteiger partial charge is 0.237 e. The van der Waals surface area contributed by atoms with Crippen LogP contribution in [-0.2, 0) is 17.8 Å². The van der Waals surface area contributed by atoms with Crippen LogP contribution in [0.1, 0.15) is 35.9 Å². The van der Waals surface area contributed by atoms with Gasteiger partial charge in [0.2, 0.25) is 5.91 Å². The molecule has 3 rings (SSSR count). The SMILES string of the molecule is CC(C)[C@H](N)C(=O)NCC(c1ccccc1)N1CCc2sccc2C1.